The first-order valence-corrected chi connectivity index (χ1v) is 9.24. The van der Waals surface area contributed by atoms with Gasteiger partial charge in [-0.1, -0.05) is 23.7 Å². The second-order valence-corrected chi connectivity index (χ2v) is 6.45. The summed E-state index contributed by atoms with van der Waals surface area (Å²) in [5, 5.41) is 5.33. The summed E-state index contributed by atoms with van der Waals surface area (Å²) in [5.74, 6) is 0.682. The molecule has 3 rings (SSSR count). The molecular formula is C21H22ClN3O2. The number of carbonyl (C=O) groups excluding carboxylic acids is 1. The molecule has 0 aliphatic heterocycles. The van der Waals surface area contributed by atoms with Gasteiger partial charge in [0, 0.05) is 23.7 Å². The summed E-state index contributed by atoms with van der Waals surface area (Å²) in [5.41, 5.74) is 2.89. The van der Waals surface area contributed by atoms with Crippen molar-refractivity contribution in [3.05, 3.63) is 65.3 Å². The molecule has 0 unspecified atom stereocenters. The quantitative estimate of drug-likeness (QED) is 0.620. The smallest absolute Gasteiger partial charge is 0.272 e. The molecule has 0 saturated heterocycles. The number of carbonyl (C=O) groups is 1. The van der Waals surface area contributed by atoms with Crippen LogP contribution >= 0.6 is 11.6 Å². The molecule has 3 aromatic rings. The Morgan fingerprint density at radius 2 is 1.81 bits per heavy atom. The average molecular weight is 384 g/mol. The summed E-state index contributed by atoms with van der Waals surface area (Å²) in [7, 11) is 1.63. The number of hydrogen-bond donors (Lipinski definition) is 0. The molecule has 0 radical (unpaired) electrons. The van der Waals surface area contributed by atoms with Crippen molar-refractivity contribution in [1.29, 1.82) is 0 Å². The van der Waals surface area contributed by atoms with E-state index in [9.17, 15) is 4.79 Å². The summed E-state index contributed by atoms with van der Waals surface area (Å²) in [6.45, 7) is 5.20. The lowest BCUT2D eigenvalue weighted by Crippen LogP contribution is -2.32. The average Bonchev–Trinajstić information content (AvgIpc) is 3.15. The Kier molecular flexibility index (Phi) is 5.81. The highest BCUT2D eigenvalue weighted by atomic mass is 35.5. The van der Waals surface area contributed by atoms with Crippen molar-refractivity contribution in [2.45, 2.75) is 13.8 Å². The number of ether oxygens (including phenoxy) is 1. The largest absolute Gasteiger partial charge is 0.497 e. The molecule has 0 aliphatic rings. The fourth-order valence-corrected chi connectivity index (χ4v) is 3.03. The van der Waals surface area contributed by atoms with Crippen molar-refractivity contribution >= 4 is 17.5 Å². The molecule has 27 heavy (non-hydrogen) atoms. The fraction of sp³-hybridized carbons (Fsp3) is 0.238. The third-order valence-electron chi connectivity index (χ3n) is 4.42. The molecule has 0 saturated carbocycles. The van der Waals surface area contributed by atoms with Crippen LogP contribution in [-0.4, -0.2) is 40.8 Å². The van der Waals surface area contributed by atoms with E-state index >= 15 is 0 Å². The van der Waals surface area contributed by atoms with Crippen molar-refractivity contribution < 1.29 is 9.53 Å². The molecule has 2 aromatic carbocycles. The van der Waals surface area contributed by atoms with Crippen LogP contribution in [0.25, 0.3) is 16.9 Å². The predicted octanol–water partition coefficient (Wildman–Crippen LogP) is 4.68. The van der Waals surface area contributed by atoms with Gasteiger partial charge in [-0.05, 0) is 56.3 Å². The van der Waals surface area contributed by atoms with E-state index in [2.05, 4.69) is 0 Å². The summed E-state index contributed by atoms with van der Waals surface area (Å²) < 4.78 is 6.98. The Balaban J connectivity index is 2.13. The topological polar surface area (TPSA) is 47.4 Å². The van der Waals surface area contributed by atoms with E-state index in [1.165, 1.54) is 0 Å². The van der Waals surface area contributed by atoms with Crippen LogP contribution < -0.4 is 4.74 Å². The predicted molar refractivity (Wildman–Crippen MR) is 108 cm³/mol. The maximum Gasteiger partial charge on any atom is 0.272 e. The van der Waals surface area contributed by atoms with Crippen LogP contribution in [0.1, 0.15) is 24.3 Å². The van der Waals surface area contributed by atoms with Crippen LogP contribution in [0, 0.1) is 0 Å². The first kappa shape index (κ1) is 19.0. The first-order valence-electron chi connectivity index (χ1n) is 8.87. The molecule has 6 heteroatoms. The maximum absolute atomic E-state index is 13.1. The van der Waals surface area contributed by atoms with Crippen molar-refractivity contribution in [3.8, 4) is 22.7 Å². The van der Waals surface area contributed by atoms with Crippen molar-refractivity contribution in [1.82, 2.24) is 14.7 Å². The molecule has 0 fully saturated rings. The lowest BCUT2D eigenvalue weighted by Gasteiger charge is -2.19. The minimum Gasteiger partial charge on any atom is -0.497 e. The maximum atomic E-state index is 13.1. The highest BCUT2D eigenvalue weighted by Crippen LogP contribution is 2.26. The van der Waals surface area contributed by atoms with E-state index in [-0.39, 0.29) is 5.91 Å². The summed E-state index contributed by atoms with van der Waals surface area (Å²) in [4.78, 5) is 14.8. The number of methoxy groups -OCH3 is 1. The van der Waals surface area contributed by atoms with Gasteiger partial charge in [0.25, 0.3) is 5.91 Å². The number of halogens is 1. The number of rotatable bonds is 6. The van der Waals surface area contributed by atoms with E-state index in [1.54, 1.807) is 28.8 Å². The number of amides is 1. The zero-order valence-electron chi connectivity index (χ0n) is 15.6. The lowest BCUT2D eigenvalue weighted by atomic mass is 10.1. The molecular weight excluding hydrogens is 362 g/mol. The Hall–Kier alpha value is -2.79. The molecule has 1 aromatic heterocycles. The van der Waals surface area contributed by atoms with Gasteiger partial charge in [-0.25, -0.2) is 4.68 Å². The van der Waals surface area contributed by atoms with Gasteiger partial charge in [-0.2, -0.15) is 5.10 Å². The number of aromatic nitrogens is 2. The van der Waals surface area contributed by atoms with Gasteiger partial charge < -0.3 is 9.64 Å². The molecule has 1 amide bonds. The Morgan fingerprint density at radius 1 is 1.11 bits per heavy atom. The molecule has 0 atom stereocenters. The van der Waals surface area contributed by atoms with Crippen molar-refractivity contribution in [3.63, 3.8) is 0 Å². The van der Waals surface area contributed by atoms with Gasteiger partial charge in [0.15, 0.2) is 0 Å². The van der Waals surface area contributed by atoms with Crippen molar-refractivity contribution in [2.75, 3.05) is 20.2 Å². The molecule has 0 N–H and O–H groups in total. The normalized spacial score (nSPS) is 10.7. The molecule has 0 aliphatic carbocycles. The summed E-state index contributed by atoms with van der Waals surface area (Å²) in [6, 6.07) is 16.7. The second kappa shape index (κ2) is 8.27. The molecule has 140 valence electrons. The van der Waals surface area contributed by atoms with Gasteiger partial charge in [0.05, 0.1) is 18.5 Å². The monoisotopic (exact) mass is 383 g/mol. The zero-order valence-corrected chi connectivity index (χ0v) is 16.4. The van der Waals surface area contributed by atoms with E-state index in [4.69, 9.17) is 21.4 Å². The first-order chi connectivity index (χ1) is 13.1. The van der Waals surface area contributed by atoms with Crippen LogP contribution in [0.3, 0.4) is 0 Å². The van der Waals surface area contributed by atoms with E-state index in [1.807, 2.05) is 56.3 Å². The zero-order chi connectivity index (χ0) is 19.4. The molecule has 0 spiro atoms. The Morgan fingerprint density at radius 3 is 2.44 bits per heavy atom. The molecule has 5 nitrogen and oxygen atoms in total. The summed E-state index contributed by atoms with van der Waals surface area (Å²) >= 11 is 6.01. The second-order valence-electron chi connectivity index (χ2n) is 6.01. The number of hydrogen-bond acceptors (Lipinski definition) is 3. The van der Waals surface area contributed by atoms with Gasteiger partial charge in [0.1, 0.15) is 11.4 Å². The van der Waals surface area contributed by atoms with Gasteiger partial charge >= 0.3 is 0 Å². The van der Waals surface area contributed by atoms with Crippen LogP contribution in [0.2, 0.25) is 5.02 Å². The third-order valence-corrected chi connectivity index (χ3v) is 4.67. The third kappa shape index (κ3) is 3.98. The van der Waals surface area contributed by atoms with Crippen LogP contribution in [0.15, 0.2) is 54.6 Å². The number of benzene rings is 2. The highest BCUT2D eigenvalue weighted by molar-refractivity contribution is 6.30. The Bertz CT molecular complexity index is 931. The lowest BCUT2D eigenvalue weighted by molar-refractivity contribution is 0.0764. The fourth-order valence-electron chi connectivity index (χ4n) is 2.91. The van der Waals surface area contributed by atoms with Crippen LogP contribution in [0.5, 0.6) is 5.75 Å². The van der Waals surface area contributed by atoms with E-state index < -0.39 is 0 Å². The minimum atomic E-state index is -0.0587. The molecule has 1 heterocycles. The van der Waals surface area contributed by atoms with Crippen LogP contribution in [0.4, 0.5) is 0 Å². The highest BCUT2D eigenvalue weighted by Gasteiger charge is 2.21. The van der Waals surface area contributed by atoms with E-state index in [0.29, 0.717) is 29.5 Å². The van der Waals surface area contributed by atoms with Gasteiger partial charge in [-0.15, -0.1) is 0 Å². The number of nitrogens with zero attached hydrogens (tertiary/aromatic N) is 3. The molecule has 0 bridgehead atoms. The van der Waals surface area contributed by atoms with Gasteiger partial charge in [-0.3, -0.25) is 4.79 Å². The summed E-state index contributed by atoms with van der Waals surface area (Å²) in [6.07, 6.45) is 0. The van der Waals surface area contributed by atoms with Gasteiger partial charge in [0.2, 0.25) is 0 Å². The van der Waals surface area contributed by atoms with Crippen LogP contribution in [-0.2, 0) is 0 Å². The van der Waals surface area contributed by atoms with Crippen molar-refractivity contribution in [2.24, 2.45) is 0 Å². The standard InChI is InChI=1S/C21H22ClN3O2/c1-4-24(5-2)21(26)20-14-19(15-7-6-8-18(13-15)27-3)23-25(20)17-11-9-16(22)10-12-17/h6-14H,4-5H2,1-3H3. The SMILES string of the molecule is CCN(CC)C(=O)c1cc(-c2cccc(OC)c2)nn1-c1ccc(Cl)cc1. The van der Waals surface area contributed by atoms with E-state index in [0.717, 1.165) is 17.0 Å². The minimum absolute atomic E-state index is 0.0587. The Labute approximate surface area is 164 Å².